The maximum Gasteiger partial charge on any atom is 0.308 e. The standard InChI is InChI=1S/C23H18F2N2O4S2/c24-16-9-10-17(25)18(13-16)26-20(28)14-31-21(29)11-12-27-22(30)19(33-23(27)32)8-4-7-15-5-2-1-3-6-15/h1-10,13H,11-12,14H2,(H,26,28). The van der Waals surface area contributed by atoms with Gasteiger partial charge in [-0.3, -0.25) is 19.3 Å². The fourth-order valence-electron chi connectivity index (χ4n) is 2.72. The molecular weight excluding hydrogens is 470 g/mol. The number of allylic oxidation sites excluding steroid dienone is 2. The molecule has 0 saturated carbocycles. The van der Waals surface area contributed by atoms with Crippen molar-refractivity contribution < 1.29 is 27.9 Å². The first-order chi connectivity index (χ1) is 15.8. The number of carbonyl (C=O) groups is 3. The smallest absolute Gasteiger partial charge is 0.308 e. The first-order valence-corrected chi connectivity index (χ1v) is 10.9. The average Bonchev–Trinajstić information content (AvgIpc) is 3.06. The van der Waals surface area contributed by atoms with E-state index in [4.69, 9.17) is 17.0 Å². The van der Waals surface area contributed by atoms with Crippen LogP contribution in [0.2, 0.25) is 0 Å². The van der Waals surface area contributed by atoms with Crippen molar-refractivity contribution in [2.24, 2.45) is 0 Å². The van der Waals surface area contributed by atoms with Gasteiger partial charge in [0.05, 0.1) is 17.0 Å². The summed E-state index contributed by atoms with van der Waals surface area (Å²) in [6.45, 7) is -0.694. The molecule has 1 heterocycles. The molecule has 1 fully saturated rings. The van der Waals surface area contributed by atoms with Crippen molar-refractivity contribution in [2.75, 3.05) is 18.5 Å². The molecule has 0 unspecified atom stereocenters. The normalized spacial score (nSPS) is 14.8. The first-order valence-electron chi connectivity index (χ1n) is 9.71. The lowest BCUT2D eigenvalue weighted by molar-refractivity contribution is -0.147. The summed E-state index contributed by atoms with van der Waals surface area (Å²) in [6.07, 6.45) is 5.06. The minimum absolute atomic E-state index is 0.0105. The number of esters is 1. The maximum absolute atomic E-state index is 13.5. The van der Waals surface area contributed by atoms with Crippen molar-refractivity contribution in [1.29, 1.82) is 0 Å². The molecule has 1 aliphatic heterocycles. The highest BCUT2D eigenvalue weighted by molar-refractivity contribution is 8.26. The minimum atomic E-state index is -0.827. The third kappa shape index (κ3) is 7.06. The number of nitrogens with one attached hydrogen (secondary N) is 1. The van der Waals surface area contributed by atoms with E-state index in [2.05, 4.69) is 5.32 Å². The Kier molecular flexibility index (Phi) is 8.45. The first kappa shape index (κ1) is 24.3. The van der Waals surface area contributed by atoms with E-state index in [0.717, 1.165) is 35.5 Å². The summed E-state index contributed by atoms with van der Waals surface area (Å²) in [6, 6.07) is 12.2. The van der Waals surface area contributed by atoms with Gasteiger partial charge in [0.15, 0.2) is 6.61 Å². The average molecular weight is 489 g/mol. The highest BCUT2D eigenvalue weighted by Crippen LogP contribution is 2.31. The number of ether oxygens (including phenoxy) is 1. The van der Waals surface area contributed by atoms with E-state index < -0.39 is 30.1 Å². The van der Waals surface area contributed by atoms with Crippen molar-refractivity contribution >= 4 is 57.8 Å². The largest absolute Gasteiger partial charge is 0.456 e. The third-order valence-electron chi connectivity index (χ3n) is 4.32. The number of nitrogens with zero attached hydrogens (tertiary/aromatic N) is 1. The van der Waals surface area contributed by atoms with E-state index in [1.807, 2.05) is 36.4 Å². The zero-order chi connectivity index (χ0) is 23.8. The second-order valence-corrected chi connectivity index (χ2v) is 8.38. The van der Waals surface area contributed by atoms with Gasteiger partial charge in [0, 0.05) is 12.6 Å². The summed E-state index contributed by atoms with van der Waals surface area (Å²) in [4.78, 5) is 38.0. The summed E-state index contributed by atoms with van der Waals surface area (Å²) >= 11 is 6.34. The van der Waals surface area contributed by atoms with Gasteiger partial charge in [-0.15, -0.1) is 0 Å². The Balaban J connectivity index is 1.45. The molecule has 10 heteroatoms. The van der Waals surface area contributed by atoms with E-state index in [0.29, 0.717) is 9.23 Å². The van der Waals surface area contributed by atoms with Crippen LogP contribution >= 0.6 is 24.0 Å². The number of hydrogen-bond donors (Lipinski definition) is 1. The van der Waals surface area contributed by atoms with Crippen molar-refractivity contribution in [3.8, 4) is 0 Å². The van der Waals surface area contributed by atoms with Crippen molar-refractivity contribution in [1.82, 2.24) is 4.90 Å². The Labute approximate surface area is 198 Å². The van der Waals surface area contributed by atoms with Crippen LogP contribution < -0.4 is 5.32 Å². The molecule has 170 valence electrons. The number of amides is 2. The summed E-state index contributed by atoms with van der Waals surface area (Å²) < 4.78 is 31.8. The molecule has 6 nitrogen and oxygen atoms in total. The SMILES string of the molecule is O=C(COC(=O)CCN1C(=O)C(=CC=Cc2ccccc2)SC1=S)Nc1cc(F)ccc1F. The van der Waals surface area contributed by atoms with Crippen LogP contribution in [0.25, 0.3) is 6.08 Å². The number of thiocarbonyl (C=S) groups is 1. The number of thioether (sulfide) groups is 1. The van der Waals surface area contributed by atoms with Crippen LogP contribution in [-0.4, -0.2) is 40.2 Å². The van der Waals surface area contributed by atoms with E-state index >= 15 is 0 Å². The van der Waals surface area contributed by atoms with Crippen molar-refractivity contribution in [3.05, 3.63) is 82.8 Å². The zero-order valence-electron chi connectivity index (χ0n) is 17.1. The highest BCUT2D eigenvalue weighted by atomic mass is 32.2. The molecule has 0 aliphatic carbocycles. The molecule has 2 aromatic carbocycles. The fraction of sp³-hybridized carbons (Fsp3) is 0.130. The second-order valence-electron chi connectivity index (χ2n) is 6.71. The third-order valence-corrected chi connectivity index (χ3v) is 5.71. The molecule has 0 radical (unpaired) electrons. The molecule has 1 aliphatic rings. The van der Waals surface area contributed by atoms with Crippen molar-refractivity contribution in [3.63, 3.8) is 0 Å². The predicted molar refractivity (Wildman–Crippen MR) is 126 cm³/mol. The van der Waals surface area contributed by atoms with Crippen LogP contribution in [0, 0.1) is 11.6 Å². The Hall–Kier alpha value is -3.37. The molecule has 1 N–H and O–H groups in total. The Morgan fingerprint density at radius 1 is 1.15 bits per heavy atom. The number of hydrogen-bond acceptors (Lipinski definition) is 6. The molecule has 33 heavy (non-hydrogen) atoms. The Bertz CT molecular complexity index is 1140. The van der Waals surface area contributed by atoms with Gasteiger partial charge in [0.1, 0.15) is 16.0 Å². The molecule has 2 amide bonds. The van der Waals surface area contributed by atoms with Gasteiger partial charge in [-0.1, -0.05) is 66.5 Å². The molecule has 0 aromatic heterocycles. The van der Waals surface area contributed by atoms with Gasteiger partial charge in [-0.05, 0) is 23.8 Å². The van der Waals surface area contributed by atoms with Crippen LogP contribution in [-0.2, 0) is 19.1 Å². The molecule has 0 spiro atoms. The predicted octanol–water partition coefficient (Wildman–Crippen LogP) is 4.29. The van der Waals surface area contributed by atoms with E-state index in [9.17, 15) is 23.2 Å². The second kappa shape index (κ2) is 11.5. The number of carbonyl (C=O) groups excluding carboxylic acids is 3. The minimum Gasteiger partial charge on any atom is -0.456 e. The number of benzene rings is 2. The Morgan fingerprint density at radius 3 is 2.67 bits per heavy atom. The van der Waals surface area contributed by atoms with E-state index in [1.54, 1.807) is 12.2 Å². The monoisotopic (exact) mass is 488 g/mol. The van der Waals surface area contributed by atoms with Crippen LogP contribution in [0.5, 0.6) is 0 Å². The summed E-state index contributed by atoms with van der Waals surface area (Å²) in [5, 5.41) is 2.12. The molecule has 0 bridgehead atoms. The van der Waals surface area contributed by atoms with Gasteiger partial charge in [-0.2, -0.15) is 0 Å². The van der Waals surface area contributed by atoms with Crippen LogP contribution in [0.4, 0.5) is 14.5 Å². The number of anilines is 1. The highest BCUT2D eigenvalue weighted by Gasteiger charge is 2.31. The van der Waals surface area contributed by atoms with Crippen LogP contribution in [0.1, 0.15) is 12.0 Å². The fourth-order valence-corrected chi connectivity index (χ4v) is 3.98. The van der Waals surface area contributed by atoms with Gasteiger partial charge in [0.2, 0.25) is 0 Å². The molecular formula is C23H18F2N2O4S2. The quantitative estimate of drug-likeness (QED) is 0.339. The Morgan fingerprint density at radius 2 is 1.91 bits per heavy atom. The van der Waals surface area contributed by atoms with Gasteiger partial charge in [-0.25, -0.2) is 8.78 Å². The van der Waals surface area contributed by atoms with Gasteiger partial charge >= 0.3 is 5.97 Å². The van der Waals surface area contributed by atoms with E-state index in [1.165, 1.54) is 4.90 Å². The molecule has 2 aromatic rings. The van der Waals surface area contributed by atoms with Crippen LogP contribution in [0.3, 0.4) is 0 Å². The number of halogens is 2. The number of rotatable bonds is 8. The topological polar surface area (TPSA) is 75.7 Å². The summed E-state index contributed by atoms with van der Waals surface area (Å²) in [5.74, 6) is -3.44. The molecule has 1 saturated heterocycles. The molecule has 3 rings (SSSR count). The lowest BCUT2D eigenvalue weighted by Crippen LogP contribution is -2.31. The van der Waals surface area contributed by atoms with Crippen LogP contribution in [0.15, 0.2) is 65.6 Å². The van der Waals surface area contributed by atoms with Gasteiger partial charge < -0.3 is 10.1 Å². The lowest BCUT2D eigenvalue weighted by Gasteiger charge is -2.13. The lowest BCUT2D eigenvalue weighted by atomic mass is 10.2. The maximum atomic E-state index is 13.5. The summed E-state index contributed by atoms with van der Waals surface area (Å²) in [5.41, 5.74) is 0.623. The zero-order valence-corrected chi connectivity index (χ0v) is 18.8. The van der Waals surface area contributed by atoms with Crippen molar-refractivity contribution in [2.45, 2.75) is 6.42 Å². The summed E-state index contributed by atoms with van der Waals surface area (Å²) in [7, 11) is 0. The van der Waals surface area contributed by atoms with Gasteiger partial charge in [0.25, 0.3) is 11.8 Å². The molecule has 0 atom stereocenters. The van der Waals surface area contributed by atoms with E-state index in [-0.39, 0.29) is 24.6 Å².